The van der Waals surface area contributed by atoms with Crippen molar-refractivity contribution < 1.29 is 27.9 Å². The minimum absolute atomic E-state index is 0.0840. The number of aromatic amines is 1. The normalized spacial score (nSPS) is 18.9. The molecule has 0 radical (unpaired) electrons. The summed E-state index contributed by atoms with van der Waals surface area (Å²) >= 11 is 0. The Morgan fingerprint density at radius 3 is 2.63 bits per heavy atom. The van der Waals surface area contributed by atoms with Crippen LogP contribution in [0, 0.1) is 6.92 Å². The van der Waals surface area contributed by atoms with Crippen molar-refractivity contribution in [2.75, 3.05) is 13.1 Å². The molecule has 0 aliphatic carbocycles. The van der Waals surface area contributed by atoms with Gasteiger partial charge in [0, 0.05) is 54.1 Å². The quantitative estimate of drug-likeness (QED) is 0.314. The monoisotopic (exact) mass is 587 g/mol. The van der Waals surface area contributed by atoms with E-state index in [-0.39, 0.29) is 32.0 Å². The van der Waals surface area contributed by atoms with Gasteiger partial charge in [0.1, 0.15) is 12.6 Å². The van der Waals surface area contributed by atoms with E-state index in [1.54, 1.807) is 25.4 Å². The SMILES string of the molecule is Cc1ccc(-c2ccc3c(c2)CN(CC(=O)N2C[C@H](OC(F)F)C[C@H]2C(=O)N[C@H](C)c2cc4cnccc4[nH]2)C3=O)cc1. The Morgan fingerprint density at radius 1 is 1.12 bits per heavy atom. The molecule has 2 aromatic heterocycles. The van der Waals surface area contributed by atoms with Gasteiger partial charge in [0.15, 0.2) is 0 Å². The van der Waals surface area contributed by atoms with Crippen LogP contribution >= 0.6 is 0 Å². The van der Waals surface area contributed by atoms with Crippen molar-refractivity contribution >= 4 is 28.6 Å². The third kappa shape index (κ3) is 5.85. The number of nitrogens with zero attached hydrogens (tertiary/aromatic N) is 3. The lowest BCUT2D eigenvalue weighted by molar-refractivity contribution is -0.160. The molecule has 1 saturated heterocycles. The summed E-state index contributed by atoms with van der Waals surface area (Å²) in [5, 5.41) is 3.77. The summed E-state index contributed by atoms with van der Waals surface area (Å²) in [6.07, 6.45) is 2.26. The minimum Gasteiger partial charge on any atom is -0.357 e. The van der Waals surface area contributed by atoms with E-state index in [9.17, 15) is 23.2 Å². The van der Waals surface area contributed by atoms with Crippen molar-refractivity contribution in [1.29, 1.82) is 0 Å². The number of ether oxygens (including phenoxy) is 1. The largest absolute Gasteiger partial charge is 0.357 e. The molecule has 222 valence electrons. The second-order valence-electron chi connectivity index (χ2n) is 11.1. The number of halogens is 2. The number of hydrogen-bond donors (Lipinski definition) is 2. The Balaban J connectivity index is 1.15. The van der Waals surface area contributed by atoms with Crippen molar-refractivity contribution in [3.05, 3.63) is 89.4 Å². The Bertz CT molecular complexity index is 1660. The number of fused-ring (bicyclic) bond motifs is 2. The maximum absolute atomic E-state index is 13.5. The lowest BCUT2D eigenvalue weighted by atomic mass is 10.00. The Kier molecular flexibility index (Phi) is 7.66. The van der Waals surface area contributed by atoms with E-state index in [1.807, 2.05) is 55.5 Å². The highest BCUT2D eigenvalue weighted by atomic mass is 19.3. The first-order valence-corrected chi connectivity index (χ1v) is 14.1. The van der Waals surface area contributed by atoms with E-state index in [0.29, 0.717) is 5.56 Å². The minimum atomic E-state index is -3.04. The number of rotatable bonds is 8. The topological polar surface area (TPSA) is 108 Å². The molecule has 43 heavy (non-hydrogen) atoms. The molecule has 1 fully saturated rings. The standard InChI is InChI=1S/C32H31F2N5O4/c1-18-3-5-20(6-4-18)21-7-8-25-23(11-21)15-38(31(25)42)17-29(40)39-16-24(43-32(33)34)13-28(39)30(41)36-19(2)27-12-22-14-35-10-9-26(22)37-27/h3-12,14,19,24,28,32,37H,13,15-17H2,1-2H3,(H,36,41)/t19-,24-,28+/m1/s1. The molecular formula is C32H31F2N5O4. The third-order valence-electron chi connectivity index (χ3n) is 8.14. The Hall–Kier alpha value is -4.64. The number of nitrogens with one attached hydrogen (secondary N) is 2. The van der Waals surface area contributed by atoms with Crippen molar-refractivity contribution in [2.24, 2.45) is 0 Å². The summed E-state index contributed by atoms with van der Waals surface area (Å²) in [6.45, 7) is 0.519. The molecule has 3 atom stereocenters. The fourth-order valence-corrected chi connectivity index (χ4v) is 5.87. The molecule has 0 saturated carbocycles. The van der Waals surface area contributed by atoms with Gasteiger partial charge in [0.25, 0.3) is 5.91 Å². The third-order valence-corrected chi connectivity index (χ3v) is 8.14. The average molecular weight is 588 g/mol. The van der Waals surface area contributed by atoms with Crippen LogP contribution in [0.3, 0.4) is 0 Å². The predicted octanol–water partition coefficient (Wildman–Crippen LogP) is 4.58. The van der Waals surface area contributed by atoms with Crippen LogP contribution in [0.1, 0.15) is 46.6 Å². The maximum atomic E-state index is 13.5. The molecule has 2 aromatic carbocycles. The molecule has 2 N–H and O–H groups in total. The number of aryl methyl sites for hydroxylation is 1. The molecule has 6 rings (SSSR count). The summed E-state index contributed by atoms with van der Waals surface area (Å²) < 4.78 is 30.9. The van der Waals surface area contributed by atoms with Crippen molar-refractivity contribution in [3.63, 3.8) is 0 Å². The lowest BCUT2D eigenvalue weighted by Crippen LogP contribution is -2.49. The summed E-state index contributed by atoms with van der Waals surface area (Å²) in [4.78, 5) is 50.1. The van der Waals surface area contributed by atoms with E-state index < -0.39 is 36.6 Å². The van der Waals surface area contributed by atoms with Crippen LogP contribution in [0.4, 0.5) is 8.78 Å². The second-order valence-corrected chi connectivity index (χ2v) is 11.1. The smallest absolute Gasteiger partial charge is 0.345 e. The second kappa shape index (κ2) is 11.6. The highest BCUT2D eigenvalue weighted by Crippen LogP contribution is 2.30. The average Bonchev–Trinajstić information content (AvgIpc) is 3.68. The van der Waals surface area contributed by atoms with Gasteiger partial charge >= 0.3 is 6.61 Å². The highest BCUT2D eigenvalue weighted by molar-refractivity contribution is 6.01. The van der Waals surface area contributed by atoms with Crippen LogP contribution < -0.4 is 5.32 Å². The molecule has 0 bridgehead atoms. The lowest BCUT2D eigenvalue weighted by Gasteiger charge is -2.27. The van der Waals surface area contributed by atoms with Crippen molar-refractivity contribution in [3.8, 4) is 11.1 Å². The van der Waals surface area contributed by atoms with E-state index in [1.165, 1.54) is 9.80 Å². The first-order chi connectivity index (χ1) is 20.7. The summed E-state index contributed by atoms with van der Waals surface area (Å²) in [7, 11) is 0. The van der Waals surface area contributed by atoms with Gasteiger partial charge in [-0.2, -0.15) is 8.78 Å². The van der Waals surface area contributed by atoms with Gasteiger partial charge < -0.3 is 24.8 Å². The summed E-state index contributed by atoms with van der Waals surface area (Å²) in [5.41, 5.74) is 6.03. The molecule has 0 unspecified atom stereocenters. The van der Waals surface area contributed by atoms with Crippen LogP contribution in [0.5, 0.6) is 0 Å². The van der Waals surface area contributed by atoms with E-state index in [0.717, 1.165) is 38.9 Å². The van der Waals surface area contributed by atoms with Crippen molar-refractivity contribution in [2.45, 2.75) is 51.6 Å². The number of pyridine rings is 1. The predicted molar refractivity (Wildman–Crippen MR) is 155 cm³/mol. The number of amides is 3. The number of benzene rings is 2. The molecule has 9 nitrogen and oxygen atoms in total. The zero-order valence-electron chi connectivity index (χ0n) is 23.7. The zero-order valence-corrected chi connectivity index (χ0v) is 23.7. The summed E-state index contributed by atoms with van der Waals surface area (Å²) in [6, 6.07) is 15.9. The first kappa shape index (κ1) is 28.5. The first-order valence-electron chi connectivity index (χ1n) is 14.1. The molecule has 4 aromatic rings. The maximum Gasteiger partial charge on any atom is 0.345 e. The Labute approximate surface area is 246 Å². The van der Waals surface area contributed by atoms with E-state index >= 15 is 0 Å². The number of hydrogen-bond acceptors (Lipinski definition) is 5. The molecule has 3 amide bonds. The summed E-state index contributed by atoms with van der Waals surface area (Å²) in [5.74, 6) is -1.29. The van der Waals surface area contributed by atoms with E-state index in [4.69, 9.17) is 4.74 Å². The number of alkyl halides is 2. The molecule has 0 spiro atoms. The van der Waals surface area contributed by atoms with Crippen LogP contribution in [0.25, 0.3) is 22.0 Å². The van der Waals surface area contributed by atoms with Crippen LogP contribution in [-0.4, -0.2) is 69.3 Å². The van der Waals surface area contributed by atoms with Gasteiger partial charge in [-0.05, 0) is 54.8 Å². The van der Waals surface area contributed by atoms with Gasteiger partial charge in [-0.25, -0.2) is 0 Å². The molecule has 2 aliphatic rings. The fourth-order valence-electron chi connectivity index (χ4n) is 5.87. The molecule has 11 heteroatoms. The van der Waals surface area contributed by atoms with Crippen LogP contribution in [0.15, 0.2) is 67.0 Å². The molecule has 4 heterocycles. The zero-order chi connectivity index (χ0) is 30.2. The van der Waals surface area contributed by atoms with Crippen LogP contribution in [0.2, 0.25) is 0 Å². The highest BCUT2D eigenvalue weighted by Gasteiger charge is 2.42. The van der Waals surface area contributed by atoms with Gasteiger partial charge in [0.2, 0.25) is 11.8 Å². The number of H-pyrrole nitrogens is 1. The van der Waals surface area contributed by atoms with E-state index in [2.05, 4.69) is 15.3 Å². The number of carbonyl (C=O) groups is 3. The van der Waals surface area contributed by atoms with Gasteiger partial charge in [-0.15, -0.1) is 0 Å². The number of aromatic nitrogens is 2. The molecular weight excluding hydrogens is 556 g/mol. The number of likely N-dealkylation sites (tertiary alicyclic amines) is 1. The van der Waals surface area contributed by atoms with Crippen molar-refractivity contribution in [1.82, 2.24) is 25.1 Å². The fraction of sp³-hybridized carbons (Fsp3) is 0.312. The van der Waals surface area contributed by atoms with Gasteiger partial charge in [-0.3, -0.25) is 19.4 Å². The molecule has 2 aliphatic heterocycles. The van der Waals surface area contributed by atoms with Gasteiger partial charge in [0.05, 0.1) is 12.1 Å². The Morgan fingerprint density at radius 2 is 1.88 bits per heavy atom. The number of carbonyl (C=O) groups excluding carboxylic acids is 3. The van der Waals surface area contributed by atoms with Crippen LogP contribution in [-0.2, 0) is 20.9 Å². The van der Waals surface area contributed by atoms with Gasteiger partial charge in [-0.1, -0.05) is 35.9 Å².